The molecule has 0 atom stereocenters. The maximum absolute atomic E-state index is 9.04. The molecule has 0 aliphatic rings. The number of hydrogen-bond donors (Lipinski definition) is 0. The minimum absolute atomic E-state index is 0.186. The van der Waals surface area contributed by atoms with Crippen molar-refractivity contribution in [2.75, 3.05) is 18.5 Å². The molecule has 0 saturated heterocycles. The van der Waals surface area contributed by atoms with E-state index in [1.807, 2.05) is 59.0 Å². The largest absolute Gasteiger partial charge is 0.491 e. The van der Waals surface area contributed by atoms with Crippen LogP contribution in [-0.2, 0) is 0 Å². The Kier molecular flexibility index (Phi) is 4.61. The van der Waals surface area contributed by atoms with Crippen molar-refractivity contribution in [2.24, 2.45) is 5.41 Å². The minimum atomic E-state index is -0.345. The maximum Gasteiger partial charge on any atom is 0.119 e. The number of benzene rings is 1. The first kappa shape index (κ1) is 14.4. The van der Waals surface area contributed by atoms with E-state index in [9.17, 15) is 0 Å². The summed E-state index contributed by atoms with van der Waals surface area (Å²) in [5.41, 5.74) is 0.747. The lowest BCUT2D eigenvalue weighted by Gasteiger charge is -2.26. The van der Waals surface area contributed by atoms with E-state index in [4.69, 9.17) is 10.00 Å². The van der Waals surface area contributed by atoms with E-state index in [1.54, 1.807) is 0 Å². The van der Waals surface area contributed by atoms with Crippen molar-refractivity contribution in [1.29, 1.82) is 5.26 Å². The van der Waals surface area contributed by atoms with Gasteiger partial charge in [0.25, 0.3) is 0 Å². The predicted octanol–water partition coefficient (Wildman–Crippen LogP) is 3.46. The molecule has 0 unspecified atom stereocenters. The summed E-state index contributed by atoms with van der Waals surface area (Å²) in [5.74, 6) is 0.877. The Bertz CT molecular complexity index is 415. The van der Waals surface area contributed by atoms with Gasteiger partial charge in [-0.25, -0.2) is 0 Å². The van der Waals surface area contributed by atoms with Gasteiger partial charge in [0.15, 0.2) is 0 Å². The average molecular weight is 246 g/mol. The van der Waals surface area contributed by atoms with Crippen LogP contribution in [0.4, 0.5) is 5.69 Å². The van der Waals surface area contributed by atoms with Gasteiger partial charge in [-0.15, -0.1) is 0 Å². The molecule has 18 heavy (non-hydrogen) atoms. The molecule has 1 aromatic rings. The van der Waals surface area contributed by atoms with Crippen LogP contribution in [0.1, 0.15) is 27.7 Å². The smallest absolute Gasteiger partial charge is 0.119 e. The highest BCUT2D eigenvalue weighted by Gasteiger charge is 2.19. The van der Waals surface area contributed by atoms with Crippen molar-refractivity contribution < 1.29 is 4.74 Å². The third-order valence-electron chi connectivity index (χ3n) is 2.58. The van der Waals surface area contributed by atoms with E-state index in [2.05, 4.69) is 11.0 Å². The molecule has 0 radical (unpaired) electrons. The summed E-state index contributed by atoms with van der Waals surface area (Å²) >= 11 is 0. The van der Waals surface area contributed by atoms with E-state index in [1.165, 1.54) is 0 Å². The van der Waals surface area contributed by atoms with E-state index < -0.39 is 0 Å². The number of rotatable bonds is 5. The van der Waals surface area contributed by atoms with E-state index >= 15 is 0 Å². The quantitative estimate of drug-likeness (QED) is 0.798. The molecule has 0 bridgehead atoms. The molecule has 0 fully saturated rings. The zero-order valence-corrected chi connectivity index (χ0v) is 11.9. The van der Waals surface area contributed by atoms with Gasteiger partial charge in [-0.1, -0.05) is 0 Å². The number of hydrogen-bond acceptors (Lipinski definition) is 3. The van der Waals surface area contributed by atoms with E-state index in [0.29, 0.717) is 6.54 Å². The number of ether oxygens (including phenoxy) is 1. The van der Waals surface area contributed by atoms with Gasteiger partial charge >= 0.3 is 0 Å². The summed E-state index contributed by atoms with van der Waals surface area (Å²) in [6, 6.07) is 10.3. The molecular weight excluding hydrogens is 224 g/mol. The van der Waals surface area contributed by atoms with Crippen LogP contribution in [0.5, 0.6) is 5.75 Å². The molecule has 1 aromatic carbocycles. The summed E-state index contributed by atoms with van der Waals surface area (Å²) in [5, 5.41) is 9.04. The average Bonchev–Trinajstić information content (AvgIpc) is 2.28. The Hall–Kier alpha value is -1.69. The lowest BCUT2D eigenvalue weighted by atomic mass is 9.95. The van der Waals surface area contributed by atoms with Gasteiger partial charge < -0.3 is 9.64 Å². The molecule has 3 heteroatoms. The Labute approximate surface area is 110 Å². The molecule has 1 rings (SSSR count). The van der Waals surface area contributed by atoms with Gasteiger partial charge in [-0.05, 0) is 52.0 Å². The molecular formula is C15H22N2O. The summed E-state index contributed by atoms with van der Waals surface area (Å²) < 4.78 is 5.60. The molecule has 0 aliphatic carbocycles. The topological polar surface area (TPSA) is 36.3 Å². The van der Waals surface area contributed by atoms with Gasteiger partial charge in [0.05, 0.1) is 17.6 Å². The van der Waals surface area contributed by atoms with Crippen molar-refractivity contribution in [3.05, 3.63) is 24.3 Å². The molecule has 0 aromatic heterocycles. The van der Waals surface area contributed by atoms with Crippen LogP contribution in [0, 0.1) is 16.7 Å². The summed E-state index contributed by atoms with van der Waals surface area (Å²) in [6.07, 6.45) is 0.186. The molecule has 0 saturated carbocycles. The molecule has 98 valence electrons. The van der Waals surface area contributed by atoms with Crippen molar-refractivity contribution >= 4 is 5.69 Å². The molecule has 0 aliphatic heterocycles. The van der Waals surface area contributed by atoms with Crippen molar-refractivity contribution in [3.8, 4) is 11.8 Å². The van der Waals surface area contributed by atoms with Gasteiger partial charge in [0.2, 0.25) is 0 Å². The SMILES string of the molecule is CC(C)Oc1ccc(N(C)CC(C)(C)C#N)cc1. The first-order valence-corrected chi connectivity index (χ1v) is 6.23. The highest BCUT2D eigenvalue weighted by Crippen LogP contribution is 2.23. The maximum atomic E-state index is 9.04. The number of nitrogens with zero attached hydrogens (tertiary/aromatic N) is 2. The second kappa shape index (κ2) is 5.77. The summed E-state index contributed by atoms with van der Waals surface area (Å²) in [7, 11) is 2.00. The zero-order valence-electron chi connectivity index (χ0n) is 11.9. The first-order valence-electron chi connectivity index (χ1n) is 6.23. The van der Waals surface area contributed by atoms with Crippen LogP contribution in [0.25, 0.3) is 0 Å². The Morgan fingerprint density at radius 2 is 1.83 bits per heavy atom. The molecule has 0 N–H and O–H groups in total. The summed E-state index contributed by atoms with van der Waals surface area (Å²) in [4.78, 5) is 2.09. The van der Waals surface area contributed by atoms with Crippen LogP contribution >= 0.6 is 0 Å². The van der Waals surface area contributed by atoms with Gasteiger partial charge in [0.1, 0.15) is 5.75 Å². The Morgan fingerprint density at radius 1 is 1.28 bits per heavy atom. The van der Waals surface area contributed by atoms with Crippen LogP contribution in [0.15, 0.2) is 24.3 Å². The monoisotopic (exact) mass is 246 g/mol. The predicted molar refractivity (Wildman–Crippen MR) is 74.9 cm³/mol. The van der Waals surface area contributed by atoms with Gasteiger partial charge in [-0.3, -0.25) is 0 Å². The fraction of sp³-hybridized carbons (Fsp3) is 0.533. The lowest BCUT2D eigenvalue weighted by molar-refractivity contribution is 0.242. The molecule has 3 nitrogen and oxygen atoms in total. The number of nitriles is 1. The second-order valence-electron chi connectivity index (χ2n) is 5.51. The fourth-order valence-electron chi connectivity index (χ4n) is 1.77. The second-order valence-corrected chi connectivity index (χ2v) is 5.51. The van der Waals surface area contributed by atoms with Crippen molar-refractivity contribution in [3.63, 3.8) is 0 Å². The van der Waals surface area contributed by atoms with Crippen molar-refractivity contribution in [2.45, 2.75) is 33.8 Å². The Balaban J connectivity index is 2.71. The zero-order chi connectivity index (χ0) is 13.8. The van der Waals surface area contributed by atoms with Crippen LogP contribution in [0.3, 0.4) is 0 Å². The first-order chi connectivity index (χ1) is 8.34. The van der Waals surface area contributed by atoms with E-state index in [-0.39, 0.29) is 11.5 Å². The number of anilines is 1. The highest BCUT2D eigenvalue weighted by molar-refractivity contribution is 5.48. The minimum Gasteiger partial charge on any atom is -0.491 e. The molecule has 0 amide bonds. The van der Waals surface area contributed by atoms with Gasteiger partial charge in [0, 0.05) is 19.3 Å². The van der Waals surface area contributed by atoms with Crippen LogP contribution < -0.4 is 9.64 Å². The normalized spacial score (nSPS) is 11.2. The third-order valence-corrected chi connectivity index (χ3v) is 2.58. The molecule has 0 spiro atoms. The van der Waals surface area contributed by atoms with Crippen LogP contribution in [0.2, 0.25) is 0 Å². The van der Waals surface area contributed by atoms with E-state index in [0.717, 1.165) is 11.4 Å². The van der Waals surface area contributed by atoms with Gasteiger partial charge in [-0.2, -0.15) is 5.26 Å². The van der Waals surface area contributed by atoms with Crippen molar-refractivity contribution in [1.82, 2.24) is 0 Å². The standard InChI is InChI=1S/C15H22N2O/c1-12(2)18-14-8-6-13(7-9-14)17(5)11-15(3,4)10-16/h6-9,12H,11H2,1-5H3. The third kappa shape index (κ3) is 4.29. The summed E-state index contributed by atoms with van der Waals surface area (Å²) in [6.45, 7) is 8.61. The Morgan fingerprint density at radius 3 is 2.28 bits per heavy atom. The highest BCUT2D eigenvalue weighted by atomic mass is 16.5. The molecule has 0 heterocycles. The fourth-order valence-corrected chi connectivity index (χ4v) is 1.77. The lowest BCUT2D eigenvalue weighted by Crippen LogP contribution is -2.30. The van der Waals surface area contributed by atoms with Crippen LogP contribution in [-0.4, -0.2) is 19.7 Å².